The molecule has 0 radical (unpaired) electrons. The average molecular weight is 279 g/mol. The first kappa shape index (κ1) is 15.4. The summed E-state index contributed by atoms with van der Waals surface area (Å²) in [6.45, 7) is 12.0. The summed E-state index contributed by atoms with van der Waals surface area (Å²) in [7, 11) is 0. The zero-order chi connectivity index (χ0) is 14.4. The second-order valence-electron chi connectivity index (χ2n) is 5.87. The molecule has 0 aromatic carbocycles. The van der Waals surface area contributed by atoms with E-state index in [-0.39, 0.29) is 0 Å². The van der Waals surface area contributed by atoms with E-state index < -0.39 is 0 Å². The Balaban J connectivity index is 1.87. The van der Waals surface area contributed by atoms with E-state index in [1.165, 1.54) is 32.4 Å². The molecule has 1 N–H and O–H groups in total. The highest BCUT2D eigenvalue weighted by molar-refractivity contribution is 4.88. The van der Waals surface area contributed by atoms with Gasteiger partial charge in [0.2, 0.25) is 0 Å². The van der Waals surface area contributed by atoms with Gasteiger partial charge in [-0.25, -0.2) is 9.67 Å². The fraction of sp³-hybridized carbons (Fsp3) is 0.867. The Labute approximate surface area is 122 Å². The van der Waals surface area contributed by atoms with E-state index in [2.05, 4.69) is 41.1 Å². The molecule has 1 aromatic rings. The molecule has 5 heteroatoms. The van der Waals surface area contributed by atoms with Crippen molar-refractivity contribution in [1.82, 2.24) is 25.0 Å². The molecule has 2 atom stereocenters. The Morgan fingerprint density at radius 1 is 1.45 bits per heavy atom. The first-order chi connectivity index (χ1) is 9.74. The fourth-order valence-corrected chi connectivity index (χ4v) is 3.06. The molecule has 2 heterocycles. The Morgan fingerprint density at radius 3 is 3.05 bits per heavy atom. The molecule has 1 aliphatic heterocycles. The highest BCUT2D eigenvalue weighted by atomic mass is 15.3. The predicted octanol–water partition coefficient (Wildman–Crippen LogP) is 1.90. The second-order valence-corrected chi connectivity index (χ2v) is 5.87. The molecule has 1 aliphatic rings. The summed E-state index contributed by atoms with van der Waals surface area (Å²) < 4.78 is 2.00. The molecule has 2 rings (SSSR count). The van der Waals surface area contributed by atoms with Crippen molar-refractivity contribution in [1.29, 1.82) is 0 Å². The van der Waals surface area contributed by atoms with Crippen molar-refractivity contribution in [3.63, 3.8) is 0 Å². The van der Waals surface area contributed by atoms with Crippen LogP contribution in [0.5, 0.6) is 0 Å². The highest BCUT2D eigenvalue weighted by Gasteiger charge is 2.25. The molecular weight excluding hydrogens is 250 g/mol. The van der Waals surface area contributed by atoms with Gasteiger partial charge in [0.1, 0.15) is 12.2 Å². The van der Waals surface area contributed by atoms with Crippen molar-refractivity contribution in [3.8, 4) is 0 Å². The summed E-state index contributed by atoms with van der Waals surface area (Å²) in [5.74, 6) is 1.86. The van der Waals surface area contributed by atoms with E-state index in [9.17, 15) is 0 Å². The van der Waals surface area contributed by atoms with Gasteiger partial charge in [-0.2, -0.15) is 5.10 Å². The number of rotatable bonds is 7. The van der Waals surface area contributed by atoms with Gasteiger partial charge in [-0.3, -0.25) is 4.90 Å². The lowest BCUT2D eigenvalue weighted by Crippen LogP contribution is -2.44. The Morgan fingerprint density at radius 2 is 2.30 bits per heavy atom. The van der Waals surface area contributed by atoms with E-state index in [0.29, 0.717) is 6.04 Å². The Kier molecular flexibility index (Phi) is 5.98. The minimum absolute atomic E-state index is 0.613. The van der Waals surface area contributed by atoms with E-state index in [1.54, 1.807) is 6.33 Å². The zero-order valence-electron chi connectivity index (χ0n) is 13.2. The van der Waals surface area contributed by atoms with Crippen LogP contribution in [0.3, 0.4) is 0 Å². The van der Waals surface area contributed by atoms with Gasteiger partial charge in [0.25, 0.3) is 0 Å². The summed E-state index contributed by atoms with van der Waals surface area (Å²) >= 11 is 0. The predicted molar refractivity (Wildman–Crippen MR) is 81.5 cm³/mol. The van der Waals surface area contributed by atoms with Gasteiger partial charge in [0.05, 0.1) is 6.54 Å². The number of nitrogens with zero attached hydrogens (tertiary/aromatic N) is 4. The van der Waals surface area contributed by atoms with Gasteiger partial charge >= 0.3 is 0 Å². The quantitative estimate of drug-likeness (QED) is 0.828. The lowest BCUT2D eigenvalue weighted by molar-refractivity contribution is 0.140. The maximum atomic E-state index is 4.40. The molecule has 0 bridgehead atoms. The highest BCUT2D eigenvalue weighted by Crippen LogP contribution is 2.21. The SMILES string of the molecule is CCCNC(C)C1CCCN(Cc2ncnn2CC)C1. The fourth-order valence-electron chi connectivity index (χ4n) is 3.06. The number of aromatic nitrogens is 3. The third-order valence-electron chi connectivity index (χ3n) is 4.33. The van der Waals surface area contributed by atoms with Crippen LogP contribution < -0.4 is 5.32 Å². The number of nitrogens with one attached hydrogen (secondary N) is 1. The molecule has 20 heavy (non-hydrogen) atoms. The van der Waals surface area contributed by atoms with Crippen molar-refractivity contribution >= 4 is 0 Å². The molecule has 1 fully saturated rings. The zero-order valence-corrected chi connectivity index (χ0v) is 13.2. The van der Waals surface area contributed by atoms with Gasteiger partial charge in [-0.05, 0) is 52.1 Å². The smallest absolute Gasteiger partial charge is 0.140 e. The van der Waals surface area contributed by atoms with Crippen molar-refractivity contribution in [3.05, 3.63) is 12.2 Å². The standard InChI is InChI=1S/C15H29N5/c1-4-8-16-13(3)14-7-6-9-19(10-14)11-15-17-12-18-20(15)5-2/h12-14,16H,4-11H2,1-3H3. The lowest BCUT2D eigenvalue weighted by atomic mass is 9.91. The van der Waals surface area contributed by atoms with Crippen LogP contribution in [0.4, 0.5) is 0 Å². The van der Waals surface area contributed by atoms with Gasteiger partial charge in [-0.1, -0.05) is 6.92 Å². The summed E-state index contributed by atoms with van der Waals surface area (Å²) in [4.78, 5) is 6.93. The minimum atomic E-state index is 0.613. The van der Waals surface area contributed by atoms with E-state index in [0.717, 1.165) is 31.4 Å². The molecule has 0 amide bonds. The summed E-state index contributed by atoms with van der Waals surface area (Å²) in [6.07, 6.45) is 5.52. The number of aryl methyl sites for hydroxylation is 1. The van der Waals surface area contributed by atoms with E-state index in [4.69, 9.17) is 0 Å². The van der Waals surface area contributed by atoms with Crippen LogP contribution in [0, 0.1) is 5.92 Å². The lowest BCUT2D eigenvalue weighted by Gasteiger charge is -2.35. The van der Waals surface area contributed by atoms with Gasteiger partial charge in [0.15, 0.2) is 0 Å². The molecule has 114 valence electrons. The minimum Gasteiger partial charge on any atom is -0.314 e. The summed E-state index contributed by atoms with van der Waals surface area (Å²) in [6, 6.07) is 0.613. The van der Waals surface area contributed by atoms with E-state index >= 15 is 0 Å². The number of likely N-dealkylation sites (tertiary alicyclic amines) is 1. The van der Waals surface area contributed by atoms with Crippen molar-refractivity contribution < 1.29 is 0 Å². The van der Waals surface area contributed by atoms with Crippen molar-refractivity contribution in [2.24, 2.45) is 5.92 Å². The van der Waals surface area contributed by atoms with Gasteiger partial charge in [-0.15, -0.1) is 0 Å². The summed E-state index contributed by atoms with van der Waals surface area (Å²) in [5, 5.41) is 7.91. The Hall–Kier alpha value is -0.940. The molecular formula is C15H29N5. The maximum absolute atomic E-state index is 4.40. The van der Waals surface area contributed by atoms with Crippen molar-refractivity contribution in [2.75, 3.05) is 19.6 Å². The molecule has 1 aromatic heterocycles. The number of hydrogen-bond acceptors (Lipinski definition) is 4. The largest absolute Gasteiger partial charge is 0.314 e. The molecule has 2 unspecified atom stereocenters. The monoisotopic (exact) mass is 279 g/mol. The third kappa shape index (κ3) is 4.03. The molecule has 0 saturated carbocycles. The van der Waals surface area contributed by atoms with Crippen LogP contribution in [0.1, 0.15) is 45.9 Å². The topological polar surface area (TPSA) is 46.0 Å². The Bertz CT molecular complexity index is 389. The van der Waals surface area contributed by atoms with Crippen molar-refractivity contribution in [2.45, 2.75) is 59.2 Å². The molecule has 0 aliphatic carbocycles. The third-order valence-corrected chi connectivity index (χ3v) is 4.33. The van der Waals surface area contributed by atoms with Gasteiger partial charge in [0, 0.05) is 19.1 Å². The van der Waals surface area contributed by atoms with Crippen LogP contribution in [-0.4, -0.2) is 45.3 Å². The van der Waals surface area contributed by atoms with Crippen LogP contribution in [0.15, 0.2) is 6.33 Å². The molecule has 0 spiro atoms. The molecule has 5 nitrogen and oxygen atoms in total. The first-order valence-corrected chi connectivity index (χ1v) is 8.07. The normalized spacial score (nSPS) is 22.1. The second kappa shape index (κ2) is 7.74. The maximum Gasteiger partial charge on any atom is 0.140 e. The van der Waals surface area contributed by atoms with Crippen LogP contribution in [-0.2, 0) is 13.1 Å². The number of hydrogen-bond donors (Lipinski definition) is 1. The molecule has 1 saturated heterocycles. The van der Waals surface area contributed by atoms with Crippen LogP contribution in [0.25, 0.3) is 0 Å². The van der Waals surface area contributed by atoms with E-state index in [1.807, 2.05) is 4.68 Å². The first-order valence-electron chi connectivity index (χ1n) is 8.07. The van der Waals surface area contributed by atoms with Crippen LogP contribution in [0.2, 0.25) is 0 Å². The number of piperidine rings is 1. The van der Waals surface area contributed by atoms with Gasteiger partial charge < -0.3 is 5.32 Å². The van der Waals surface area contributed by atoms with Crippen LogP contribution >= 0.6 is 0 Å². The average Bonchev–Trinajstić information content (AvgIpc) is 2.92. The summed E-state index contributed by atoms with van der Waals surface area (Å²) in [5.41, 5.74) is 0.